The summed E-state index contributed by atoms with van der Waals surface area (Å²) in [5, 5.41) is 5.45. The van der Waals surface area contributed by atoms with Crippen LogP contribution in [0.25, 0.3) is 0 Å². The summed E-state index contributed by atoms with van der Waals surface area (Å²) in [5.74, 6) is -1.02. The van der Waals surface area contributed by atoms with Crippen LogP contribution in [-0.4, -0.2) is 49.6 Å². The molecule has 1 fully saturated rings. The van der Waals surface area contributed by atoms with Crippen LogP contribution in [0.4, 0.5) is 11.4 Å². The molecule has 1 aromatic carbocycles. The van der Waals surface area contributed by atoms with Crippen molar-refractivity contribution < 1.29 is 19.1 Å². The van der Waals surface area contributed by atoms with Crippen molar-refractivity contribution >= 4 is 29.1 Å². The second kappa shape index (κ2) is 8.66. The Morgan fingerprint density at radius 3 is 2.46 bits per heavy atom. The Balaban J connectivity index is 2.27. The van der Waals surface area contributed by atoms with Gasteiger partial charge in [0, 0.05) is 37.5 Å². The lowest BCUT2D eigenvalue weighted by Gasteiger charge is -2.41. The van der Waals surface area contributed by atoms with E-state index in [-0.39, 0.29) is 36.9 Å². The molecule has 2 atom stereocenters. The lowest BCUT2D eigenvalue weighted by Crippen LogP contribution is -2.50. The number of hydrogen-bond donors (Lipinski definition) is 3. The second-order valence-corrected chi connectivity index (χ2v) is 6.53. The minimum absolute atomic E-state index is 0.0746. The van der Waals surface area contributed by atoms with Gasteiger partial charge in [0.1, 0.15) is 0 Å². The molecule has 2 unspecified atom stereocenters. The first-order chi connectivity index (χ1) is 12.3. The third-order valence-electron chi connectivity index (χ3n) is 4.17. The number of morpholine rings is 1. The molecule has 2 rings (SSSR count). The van der Waals surface area contributed by atoms with E-state index in [1.807, 2.05) is 6.07 Å². The maximum absolute atomic E-state index is 12.3. The molecular formula is C18H26N4O4. The topological polar surface area (TPSA) is 114 Å². The van der Waals surface area contributed by atoms with E-state index in [1.54, 1.807) is 12.1 Å². The van der Waals surface area contributed by atoms with Gasteiger partial charge in [-0.1, -0.05) is 0 Å². The van der Waals surface area contributed by atoms with E-state index in [4.69, 9.17) is 10.5 Å². The van der Waals surface area contributed by atoms with Gasteiger partial charge in [-0.25, -0.2) is 0 Å². The average Bonchev–Trinajstić information content (AvgIpc) is 2.54. The van der Waals surface area contributed by atoms with Crippen LogP contribution in [0.2, 0.25) is 0 Å². The monoisotopic (exact) mass is 362 g/mol. The van der Waals surface area contributed by atoms with Crippen LogP contribution in [0, 0.1) is 0 Å². The third kappa shape index (κ3) is 4.95. The average molecular weight is 362 g/mol. The fourth-order valence-electron chi connectivity index (χ4n) is 3.07. The molecule has 0 bridgehead atoms. The number of amides is 3. The highest BCUT2D eigenvalue weighted by Crippen LogP contribution is 2.32. The van der Waals surface area contributed by atoms with Crippen molar-refractivity contribution in [1.29, 1.82) is 0 Å². The maximum atomic E-state index is 12.3. The molecule has 1 saturated heterocycles. The SMILES string of the molecule is CC(=O)Nc1cc(C(=O)NCCC(N)=O)ccc1N1C(C)COCC1C. The predicted octanol–water partition coefficient (Wildman–Crippen LogP) is 0.864. The standard InChI is InChI=1S/C18H26N4O4/c1-11-9-26-10-12(2)22(11)16-5-4-14(8-15(16)21-13(3)23)18(25)20-7-6-17(19)24/h4-5,8,11-12H,6-7,9-10H2,1-3H3,(H2,19,24)(H,20,25)(H,21,23). The number of primary amides is 1. The smallest absolute Gasteiger partial charge is 0.251 e. The van der Waals surface area contributed by atoms with Crippen molar-refractivity contribution in [3.63, 3.8) is 0 Å². The zero-order valence-corrected chi connectivity index (χ0v) is 15.4. The lowest BCUT2D eigenvalue weighted by atomic mass is 10.1. The molecule has 3 amide bonds. The molecule has 0 spiro atoms. The molecule has 8 heteroatoms. The number of hydrogen-bond acceptors (Lipinski definition) is 5. The van der Waals surface area contributed by atoms with Gasteiger partial charge in [-0.15, -0.1) is 0 Å². The Morgan fingerprint density at radius 1 is 1.23 bits per heavy atom. The molecule has 0 aromatic heterocycles. The van der Waals surface area contributed by atoms with Crippen molar-refractivity contribution in [1.82, 2.24) is 5.32 Å². The molecular weight excluding hydrogens is 336 g/mol. The van der Waals surface area contributed by atoms with Crippen LogP contribution in [0.1, 0.15) is 37.6 Å². The summed E-state index contributed by atoms with van der Waals surface area (Å²) in [6, 6.07) is 5.45. The number of anilines is 2. The first kappa shape index (κ1) is 19.7. The highest BCUT2D eigenvalue weighted by molar-refractivity contribution is 5.99. The first-order valence-electron chi connectivity index (χ1n) is 8.63. The molecule has 1 aromatic rings. The van der Waals surface area contributed by atoms with E-state index in [0.29, 0.717) is 24.5 Å². The molecule has 8 nitrogen and oxygen atoms in total. The number of ether oxygens (including phenoxy) is 1. The molecule has 0 aliphatic carbocycles. The van der Waals surface area contributed by atoms with E-state index in [0.717, 1.165) is 5.69 Å². The number of carbonyl (C=O) groups is 3. The van der Waals surface area contributed by atoms with Crippen LogP contribution in [0.3, 0.4) is 0 Å². The second-order valence-electron chi connectivity index (χ2n) is 6.53. The van der Waals surface area contributed by atoms with E-state index >= 15 is 0 Å². The number of nitrogens with zero attached hydrogens (tertiary/aromatic N) is 1. The number of carbonyl (C=O) groups excluding carboxylic acids is 3. The molecule has 0 radical (unpaired) electrons. The van der Waals surface area contributed by atoms with Crippen LogP contribution >= 0.6 is 0 Å². The van der Waals surface area contributed by atoms with Crippen molar-refractivity contribution in [3.8, 4) is 0 Å². The van der Waals surface area contributed by atoms with E-state index < -0.39 is 5.91 Å². The number of rotatable bonds is 6. The van der Waals surface area contributed by atoms with Crippen molar-refractivity contribution in [2.24, 2.45) is 5.73 Å². The minimum Gasteiger partial charge on any atom is -0.377 e. The van der Waals surface area contributed by atoms with Crippen LogP contribution in [0.15, 0.2) is 18.2 Å². The number of nitrogens with one attached hydrogen (secondary N) is 2. The Morgan fingerprint density at radius 2 is 1.88 bits per heavy atom. The Labute approximate surface area is 153 Å². The highest BCUT2D eigenvalue weighted by Gasteiger charge is 2.28. The third-order valence-corrected chi connectivity index (χ3v) is 4.17. The van der Waals surface area contributed by atoms with Gasteiger partial charge >= 0.3 is 0 Å². The maximum Gasteiger partial charge on any atom is 0.251 e. The molecule has 142 valence electrons. The van der Waals surface area contributed by atoms with Gasteiger partial charge in [0.25, 0.3) is 5.91 Å². The van der Waals surface area contributed by atoms with E-state index in [1.165, 1.54) is 6.92 Å². The van der Waals surface area contributed by atoms with E-state index in [2.05, 4.69) is 29.4 Å². The van der Waals surface area contributed by atoms with Crippen LogP contribution < -0.4 is 21.3 Å². The predicted molar refractivity (Wildman–Crippen MR) is 99.1 cm³/mol. The first-order valence-corrected chi connectivity index (χ1v) is 8.63. The molecule has 26 heavy (non-hydrogen) atoms. The summed E-state index contributed by atoms with van der Waals surface area (Å²) in [6.07, 6.45) is 0.0746. The van der Waals surface area contributed by atoms with Crippen molar-refractivity contribution in [2.75, 3.05) is 30.0 Å². The van der Waals surface area contributed by atoms with Gasteiger partial charge in [0.15, 0.2) is 0 Å². The van der Waals surface area contributed by atoms with Gasteiger partial charge < -0.3 is 26.0 Å². The summed E-state index contributed by atoms with van der Waals surface area (Å²) in [6.45, 7) is 6.90. The van der Waals surface area contributed by atoms with Gasteiger partial charge in [0.05, 0.1) is 24.6 Å². The summed E-state index contributed by atoms with van der Waals surface area (Å²) >= 11 is 0. The van der Waals surface area contributed by atoms with Crippen LogP contribution in [0.5, 0.6) is 0 Å². The summed E-state index contributed by atoms with van der Waals surface area (Å²) in [7, 11) is 0. The summed E-state index contributed by atoms with van der Waals surface area (Å²) in [4.78, 5) is 36.9. The summed E-state index contributed by atoms with van der Waals surface area (Å²) < 4.78 is 5.56. The molecule has 4 N–H and O–H groups in total. The Kier molecular flexibility index (Phi) is 6.57. The molecule has 1 aliphatic rings. The zero-order chi connectivity index (χ0) is 19.3. The van der Waals surface area contributed by atoms with Crippen LogP contribution in [-0.2, 0) is 14.3 Å². The molecule has 1 heterocycles. The summed E-state index contributed by atoms with van der Waals surface area (Å²) in [5.41, 5.74) is 6.88. The number of nitrogens with two attached hydrogens (primary N) is 1. The molecule has 1 aliphatic heterocycles. The fraction of sp³-hybridized carbons (Fsp3) is 0.500. The number of benzene rings is 1. The quantitative estimate of drug-likeness (QED) is 0.695. The highest BCUT2D eigenvalue weighted by atomic mass is 16.5. The van der Waals surface area contributed by atoms with Crippen molar-refractivity contribution in [3.05, 3.63) is 23.8 Å². The van der Waals surface area contributed by atoms with E-state index in [9.17, 15) is 14.4 Å². The van der Waals surface area contributed by atoms with Gasteiger partial charge in [-0.05, 0) is 32.0 Å². The largest absolute Gasteiger partial charge is 0.377 e. The Hall–Kier alpha value is -2.61. The molecule has 0 saturated carbocycles. The Bertz CT molecular complexity index is 682. The van der Waals surface area contributed by atoms with Gasteiger partial charge in [-0.3, -0.25) is 14.4 Å². The van der Waals surface area contributed by atoms with Gasteiger partial charge in [0.2, 0.25) is 11.8 Å². The fourth-order valence-corrected chi connectivity index (χ4v) is 3.07. The lowest BCUT2D eigenvalue weighted by molar-refractivity contribution is -0.118. The van der Waals surface area contributed by atoms with Crippen molar-refractivity contribution in [2.45, 2.75) is 39.3 Å². The normalized spacial score (nSPS) is 19.7. The zero-order valence-electron chi connectivity index (χ0n) is 15.4. The van der Waals surface area contributed by atoms with Gasteiger partial charge in [-0.2, -0.15) is 0 Å². The minimum atomic E-state index is -0.477.